The molecule has 0 unspecified atom stereocenters. The Kier molecular flexibility index (Phi) is 6.14. The molecule has 0 aliphatic rings. The summed E-state index contributed by atoms with van der Waals surface area (Å²) in [5.41, 5.74) is -0.958. The number of carboxylic acid groups (broad SMARTS) is 1. The van der Waals surface area contributed by atoms with Crippen LogP contribution in [0.15, 0.2) is 24.3 Å². The highest BCUT2D eigenvalue weighted by atomic mass is 19.4. The minimum Gasteiger partial charge on any atom is -0.480 e. The SMILES string of the molecule is CC[C@@H](C)[C@@H](NC(=O)[C@H](O)c1ccc(C(F)(F)F)cc1)C(=O)O. The summed E-state index contributed by atoms with van der Waals surface area (Å²) >= 11 is 0. The molecule has 8 heteroatoms. The summed E-state index contributed by atoms with van der Waals surface area (Å²) in [6.45, 7) is 3.38. The number of alkyl halides is 3. The Balaban J connectivity index is 2.85. The number of hydrogen-bond acceptors (Lipinski definition) is 3. The molecule has 1 aromatic carbocycles. The van der Waals surface area contributed by atoms with E-state index in [2.05, 4.69) is 5.32 Å². The van der Waals surface area contributed by atoms with Crippen LogP contribution in [0.25, 0.3) is 0 Å². The van der Waals surface area contributed by atoms with E-state index >= 15 is 0 Å². The highest BCUT2D eigenvalue weighted by molar-refractivity contribution is 5.87. The lowest BCUT2D eigenvalue weighted by Gasteiger charge is -2.22. The first-order chi connectivity index (χ1) is 10.6. The third kappa shape index (κ3) is 4.95. The monoisotopic (exact) mass is 333 g/mol. The molecule has 0 fully saturated rings. The number of aliphatic carboxylic acids is 1. The first kappa shape index (κ1) is 19.0. The Morgan fingerprint density at radius 2 is 1.74 bits per heavy atom. The van der Waals surface area contributed by atoms with Crippen LogP contribution in [-0.2, 0) is 15.8 Å². The summed E-state index contributed by atoms with van der Waals surface area (Å²) in [6, 6.07) is 2.26. The maximum absolute atomic E-state index is 12.5. The van der Waals surface area contributed by atoms with Gasteiger partial charge in [0.25, 0.3) is 5.91 Å². The Morgan fingerprint density at radius 3 is 2.13 bits per heavy atom. The van der Waals surface area contributed by atoms with Gasteiger partial charge in [-0.3, -0.25) is 4.79 Å². The highest BCUT2D eigenvalue weighted by Crippen LogP contribution is 2.30. The Bertz CT molecular complexity index is 557. The predicted molar refractivity (Wildman–Crippen MR) is 75.4 cm³/mol. The average Bonchev–Trinajstić information content (AvgIpc) is 2.49. The molecule has 128 valence electrons. The zero-order chi connectivity index (χ0) is 17.8. The molecule has 1 amide bonds. The predicted octanol–water partition coefficient (Wildman–Crippen LogP) is 2.35. The van der Waals surface area contributed by atoms with Crippen LogP contribution in [-0.4, -0.2) is 28.1 Å². The number of carboxylic acids is 1. The molecule has 23 heavy (non-hydrogen) atoms. The summed E-state index contributed by atoms with van der Waals surface area (Å²) < 4.78 is 37.4. The molecule has 0 saturated carbocycles. The minimum absolute atomic E-state index is 0.0520. The van der Waals surface area contributed by atoms with Crippen LogP contribution >= 0.6 is 0 Å². The molecule has 1 rings (SSSR count). The molecule has 0 spiro atoms. The van der Waals surface area contributed by atoms with Crippen LogP contribution in [0.3, 0.4) is 0 Å². The van der Waals surface area contributed by atoms with E-state index in [4.69, 9.17) is 5.11 Å². The van der Waals surface area contributed by atoms with Crippen LogP contribution in [0.2, 0.25) is 0 Å². The second kappa shape index (κ2) is 7.45. The molecular formula is C15H18F3NO4. The minimum atomic E-state index is -4.52. The van der Waals surface area contributed by atoms with Gasteiger partial charge in [0.05, 0.1) is 5.56 Å². The standard InChI is InChI=1S/C15H18F3NO4/c1-3-8(2)11(14(22)23)19-13(21)12(20)9-4-6-10(7-5-9)15(16,17)18/h4-8,11-12,20H,3H2,1-2H3,(H,19,21)(H,22,23)/t8-,11-,12-/m1/s1. The maximum Gasteiger partial charge on any atom is 0.416 e. The molecule has 1 aromatic rings. The molecule has 3 N–H and O–H groups in total. The number of carbonyl (C=O) groups is 2. The van der Waals surface area contributed by atoms with Gasteiger partial charge in [0, 0.05) is 0 Å². The van der Waals surface area contributed by atoms with Gasteiger partial charge in [-0.15, -0.1) is 0 Å². The van der Waals surface area contributed by atoms with E-state index < -0.39 is 35.8 Å². The third-order valence-corrected chi connectivity index (χ3v) is 3.58. The van der Waals surface area contributed by atoms with Gasteiger partial charge in [-0.25, -0.2) is 4.79 Å². The van der Waals surface area contributed by atoms with E-state index in [1.54, 1.807) is 13.8 Å². The van der Waals surface area contributed by atoms with Gasteiger partial charge >= 0.3 is 12.1 Å². The second-order valence-electron chi connectivity index (χ2n) is 5.23. The molecule has 0 aliphatic carbocycles. The van der Waals surface area contributed by atoms with E-state index in [0.717, 1.165) is 24.3 Å². The molecule has 0 saturated heterocycles. The van der Waals surface area contributed by atoms with Crippen molar-refractivity contribution in [3.05, 3.63) is 35.4 Å². The number of rotatable bonds is 6. The van der Waals surface area contributed by atoms with Crippen molar-refractivity contribution in [2.75, 3.05) is 0 Å². The van der Waals surface area contributed by atoms with E-state index in [1.807, 2.05) is 0 Å². The van der Waals surface area contributed by atoms with E-state index in [1.165, 1.54) is 0 Å². The normalized spacial score (nSPS) is 15.6. The Hall–Kier alpha value is -2.09. The van der Waals surface area contributed by atoms with Crippen molar-refractivity contribution >= 4 is 11.9 Å². The van der Waals surface area contributed by atoms with Gasteiger partial charge in [0.1, 0.15) is 6.04 Å². The topological polar surface area (TPSA) is 86.6 Å². The highest BCUT2D eigenvalue weighted by Gasteiger charge is 2.31. The zero-order valence-corrected chi connectivity index (χ0v) is 12.6. The number of amides is 1. The van der Waals surface area contributed by atoms with Gasteiger partial charge in [-0.2, -0.15) is 13.2 Å². The number of benzene rings is 1. The first-order valence-corrected chi connectivity index (χ1v) is 6.96. The number of carbonyl (C=O) groups excluding carboxylic acids is 1. The van der Waals surface area contributed by atoms with Gasteiger partial charge in [0.2, 0.25) is 0 Å². The smallest absolute Gasteiger partial charge is 0.416 e. The van der Waals surface area contributed by atoms with Crippen molar-refractivity contribution in [1.29, 1.82) is 0 Å². The van der Waals surface area contributed by atoms with Gasteiger partial charge in [-0.05, 0) is 23.6 Å². The maximum atomic E-state index is 12.5. The lowest BCUT2D eigenvalue weighted by atomic mass is 9.98. The fraction of sp³-hybridized carbons (Fsp3) is 0.467. The largest absolute Gasteiger partial charge is 0.480 e. The van der Waals surface area contributed by atoms with Crippen molar-refractivity contribution in [1.82, 2.24) is 5.32 Å². The van der Waals surface area contributed by atoms with E-state index in [0.29, 0.717) is 6.42 Å². The summed E-state index contributed by atoms with van der Waals surface area (Å²) in [4.78, 5) is 23.0. The molecular weight excluding hydrogens is 315 g/mol. The first-order valence-electron chi connectivity index (χ1n) is 6.96. The van der Waals surface area contributed by atoms with Gasteiger partial charge in [0.15, 0.2) is 6.10 Å². The number of aliphatic hydroxyl groups excluding tert-OH is 1. The van der Waals surface area contributed by atoms with Crippen LogP contribution < -0.4 is 5.32 Å². The van der Waals surface area contributed by atoms with Crippen LogP contribution in [0, 0.1) is 5.92 Å². The number of nitrogens with one attached hydrogen (secondary N) is 1. The van der Waals surface area contributed by atoms with E-state index in [-0.39, 0.29) is 11.5 Å². The fourth-order valence-electron chi connectivity index (χ4n) is 1.92. The van der Waals surface area contributed by atoms with Crippen molar-refractivity contribution in [3.63, 3.8) is 0 Å². The van der Waals surface area contributed by atoms with Crippen molar-refractivity contribution < 1.29 is 33.0 Å². The summed E-state index contributed by atoms with van der Waals surface area (Å²) in [5, 5.41) is 21.2. The zero-order valence-electron chi connectivity index (χ0n) is 12.6. The molecule has 0 heterocycles. The van der Waals surface area contributed by atoms with Crippen molar-refractivity contribution in [2.45, 2.75) is 38.6 Å². The molecule has 0 bridgehead atoms. The quantitative estimate of drug-likeness (QED) is 0.746. The molecule has 3 atom stereocenters. The molecule has 0 aromatic heterocycles. The molecule has 0 radical (unpaired) electrons. The number of halogens is 3. The molecule has 0 aliphatic heterocycles. The number of aliphatic hydroxyl groups is 1. The summed E-state index contributed by atoms with van der Waals surface area (Å²) in [7, 11) is 0. The van der Waals surface area contributed by atoms with E-state index in [9.17, 15) is 27.9 Å². The Labute approximate surface area is 131 Å². The Morgan fingerprint density at radius 1 is 1.22 bits per heavy atom. The van der Waals surface area contributed by atoms with Crippen LogP contribution in [0.4, 0.5) is 13.2 Å². The molecule has 5 nitrogen and oxygen atoms in total. The van der Waals surface area contributed by atoms with Crippen molar-refractivity contribution in [3.8, 4) is 0 Å². The lowest BCUT2D eigenvalue weighted by molar-refractivity contribution is -0.145. The number of hydrogen-bond donors (Lipinski definition) is 3. The summed E-state index contributed by atoms with van der Waals surface area (Å²) in [5.74, 6) is -2.58. The summed E-state index contributed by atoms with van der Waals surface area (Å²) in [6.07, 6.45) is -5.77. The second-order valence-corrected chi connectivity index (χ2v) is 5.23. The van der Waals surface area contributed by atoms with Crippen LogP contribution in [0.5, 0.6) is 0 Å². The third-order valence-electron chi connectivity index (χ3n) is 3.58. The van der Waals surface area contributed by atoms with Gasteiger partial charge in [-0.1, -0.05) is 32.4 Å². The lowest BCUT2D eigenvalue weighted by Crippen LogP contribution is -2.46. The average molecular weight is 333 g/mol. The van der Waals surface area contributed by atoms with Crippen LogP contribution in [0.1, 0.15) is 37.5 Å². The van der Waals surface area contributed by atoms with Gasteiger partial charge < -0.3 is 15.5 Å². The van der Waals surface area contributed by atoms with Crippen molar-refractivity contribution in [2.24, 2.45) is 5.92 Å². The fourth-order valence-corrected chi connectivity index (χ4v) is 1.92.